The minimum absolute atomic E-state index is 0.0898. The molecule has 0 bridgehead atoms. The van der Waals surface area contributed by atoms with Gasteiger partial charge in [0, 0.05) is 11.8 Å². The number of hydrogen-bond acceptors (Lipinski definition) is 4. The highest BCUT2D eigenvalue weighted by molar-refractivity contribution is 5.62. The molecule has 0 heterocycles. The second-order valence-corrected chi connectivity index (χ2v) is 9.37. The first-order chi connectivity index (χ1) is 11.4. The normalized spacial score (nSPS) is 30.6. The van der Waals surface area contributed by atoms with Gasteiger partial charge in [0.2, 0.25) is 0 Å². The van der Waals surface area contributed by atoms with E-state index in [1.165, 1.54) is 11.6 Å². The maximum atomic E-state index is 10.3. The van der Waals surface area contributed by atoms with Crippen LogP contribution in [0.2, 0.25) is 0 Å². The first kappa shape index (κ1) is 16.7. The Hall–Kier alpha value is -1.78. The van der Waals surface area contributed by atoms with Gasteiger partial charge in [-0.15, -0.1) is 0 Å². The molecule has 0 saturated carbocycles. The van der Waals surface area contributed by atoms with Crippen molar-refractivity contribution in [2.24, 2.45) is 5.41 Å². The van der Waals surface area contributed by atoms with Gasteiger partial charge in [-0.05, 0) is 58.6 Å². The Labute approximate surface area is 148 Å². The average molecular weight is 342 g/mol. The molecule has 3 aliphatic rings. The number of benzene rings is 1. The topological polar surface area (TPSA) is 80.9 Å². The summed E-state index contributed by atoms with van der Waals surface area (Å²) in [4.78, 5) is 0. The molecule has 1 aromatic rings. The van der Waals surface area contributed by atoms with Crippen LogP contribution in [0.15, 0.2) is 35.4 Å². The van der Waals surface area contributed by atoms with Crippen LogP contribution in [0.3, 0.4) is 0 Å². The molecular formula is C21H26O4. The zero-order valence-electron chi connectivity index (χ0n) is 15.2. The first-order valence-corrected chi connectivity index (χ1v) is 8.83. The fourth-order valence-electron chi connectivity index (χ4n) is 5.65. The van der Waals surface area contributed by atoms with E-state index in [-0.39, 0.29) is 34.2 Å². The number of hydrogen-bond donors (Lipinski definition) is 4. The zero-order chi connectivity index (χ0) is 18.4. The third-order valence-corrected chi connectivity index (χ3v) is 6.43. The van der Waals surface area contributed by atoms with Gasteiger partial charge in [-0.1, -0.05) is 39.3 Å². The van der Waals surface area contributed by atoms with Crippen molar-refractivity contribution >= 4 is 0 Å². The van der Waals surface area contributed by atoms with Crippen molar-refractivity contribution in [3.8, 4) is 11.5 Å². The number of aromatic hydroxyl groups is 2. The van der Waals surface area contributed by atoms with E-state index in [4.69, 9.17) is 0 Å². The molecule has 1 spiro atoms. The SMILES string of the molecule is CC1(C)CC2(CC(C)(C)c3cc(O)c(O)cc32)C2=C1C=CC(O)(O)C2. The van der Waals surface area contributed by atoms with Gasteiger partial charge in [-0.2, -0.15) is 0 Å². The van der Waals surface area contributed by atoms with Gasteiger partial charge < -0.3 is 20.4 Å². The molecule has 0 radical (unpaired) electrons. The van der Waals surface area contributed by atoms with E-state index in [0.717, 1.165) is 29.5 Å². The Balaban J connectivity index is 2.00. The zero-order valence-corrected chi connectivity index (χ0v) is 15.2. The summed E-state index contributed by atoms with van der Waals surface area (Å²) in [5, 5.41) is 40.7. The fourth-order valence-corrected chi connectivity index (χ4v) is 5.65. The molecule has 0 aliphatic heterocycles. The Morgan fingerprint density at radius 2 is 1.40 bits per heavy atom. The summed E-state index contributed by atoms with van der Waals surface area (Å²) in [7, 11) is 0. The number of aliphatic hydroxyl groups is 2. The van der Waals surface area contributed by atoms with Gasteiger partial charge in [0.25, 0.3) is 0 Å². The number of fused-ring (bicyclic) bond motifs is 3. The molecule has 0 amide bonds. The molecule has 0 fully saturated rings. The van der Waals surface area contributed by atoms with Crippen LogP contribution in [0.4, 0.5) is 0 Å². The summed E-state index contributed by atoms with van der Waals surface area (Å²) in [6.07, 6.45) is 5.19. The first-order valence-electron chi connectivity index (χ1n) is 8.83. The Morgan fingerprint density at radius 3 is 2.04 bits per heavy atom. The van der Waals surface area contributed by atoms with E-state index in [1.807, 2.05) is 6.08 Å². The summed E-state index contributed by atoms with van der Waals surface area (Å²) in [5.41, 5.74) is 3.66. The third-order valence-electron chi connectivity index (χ3n) is 6.43. The van der Waals surface area contributed by atoms with E-state index < -0.39 is 5.79 Å². The van der Waals surface area contributed by atoms with Crippen LogP contribution in [-0.2, 0) is 10.8 Å². The standard InChI is InChI=1S/C21H26O4/c1-18(2)10-20(15-9-21(24,25)6-5-12(15)18)11-19(3,4)13-7-16(22)17(23)8-14(13)20/h5-8,22-25H,9-11H2,1-4H3. The van der Waals surface area contributed by atoms with Crippen molar-refractivity contribution in [3.05, 3.63) is 46.6 Å². The van der Waals surface area contributed by atoms with Crippen LogP contribution < -0.4 is 0 Å². The fraction of sp³-hybridized carbons (Fsp3) is 0.524. The minimum atomic E-state index is -1.84. The maximum absolute atomic E-state index is 10.3. The lowest BCUT2D eigenvalue weighted by Crippen LogP contribution is -2.34. The molecular weight excluding hydrogens is 316 g/mol. The second-order valence-electron chi connectivity index (χ2n) is 9.37. The lowest BCUT2D eigenvalue weighted by Gasteiger charge is -2.35. The molecule has 4 heteroatoms. The maximum Gasteiger partial charge on any atom is 0.186 e. The predicted octanol–water partition coefficient (Wildman–Crippen LogP) is 3.38. The van der Waals surface area contributed by atoms with Crippen molar-refractivity contribution in [1.82, 2.24) is 0 Å². The molecule has 3 aliphatic carbocycles. The monoisotopic (exact) mass is 342 g/mol. The van der Waals surface area contributed by atoms with Crippen molar-refractivity contribution < 1.29 is 20.4 Å². The van der Waals surface area contributed by atoms with Crippen molar-refractivity contribution in [3.63, 3.8) is 0 Å². The number of phenolic OH excluding ortho intramolecular Hbond substituents is 2. The Bertz CT molecular complexity index is 842. The van der Waals surface area contributed by atoms with Crippen molar-refractivity contribution in [2.75, 3.05) is 0 Å². The van der Waals surface area contributed by atoms with E-state index in [9.17, 15) is 20.4 Å². The quantitative estimate of drug-likeness (QED) is 0.430. The lowest BCUT2D eigenvalue weighted by atomic mass is 9.70. The van der Waals surface area contributed by atoms with Crippen LogP contribution in [0, 0.1) is 5.41 Å². The van der Waals surface area contributed by atoms with Crippen LogP contribution >= 0.6 is 0 Å². The lowest BCUT2D eigenvalue weighted by molar-refractivity contribution is -0.118. The third kappa shape index (κ3) is 2.14. The summed E-state index contributed by atoms with van der Waals surface area (Å²) >= 11 is 0. The van der Waals surface area contributed by atoms with E-state index in [0.29, 0.717) is 0 Å². The summed E-state index contributed by atoms with van der Waals surface area (Å²) in [5.74, 6) is -2.05. The van der Waals surface area contributed by atoms with Gasteiger partial charge >= 0.3 is 0 Å². The minimum Gasteiger partial charge on any atom is -0.504 e. The number of rotatable bonds is 0. The molecule has 4 rings (SSSR count). The molecule has 0 saturated heterocycles. The number of allylic oxidation sites excluding steroid dienone is 2. The molecule has 134 valence electrons. The smallest absolute Gasteiger partial charge is 0.186 e. The summed E-state index contributed by atoms with van der Waals surface area (Å²) in [6, 6.07) is 3.36. The Morgan fingerprint density at radius 1 is 0.840 bits per heavy atom. The molecule has 0 aromatic heterocycles. The number of phenols is 2. The van der Waals surface area contributed by atoms with Crippen LogP contribution in [0.5, 0.6) is 11.5 Å². The van der Waals surface area contributed by atoms with Crippen LogP contribution in [-0.4, -0.2) is 26.2 Å². The molecule has 1 atom stereocenters. The highest BCUT2D eigenvalue weighted by Crippen LogP contribution is 2.66. The molecule has 4 N–H and O–H groups in total. The summed E-state index contributed by atoms with van der Waals surface area (Å²) < 4.78 is 0. The van der Waals surface area contributed by atoms with Gasteiger partial charge in [-0.3, -0.25) is 0 Å². The predicted molar refractivity (Wildman–Crippen MR) is 95.4 cm³/mol. The van der Waals surface area contributed by atoms with Crippen molar-refractivity contribution in [1.29, 1.82) is 0 Å². The highest BCUT2D eigenvalue weighted by Gasteiger charge is 2.58. The average Bonchev–Trinajstić information content (AvgIpc) is 2.79. The summed E-state index contributed by atoms with van der Waals surface area (Å²) in [6.45, 7) is 8.67. The largest absolute Gasteiger partial charge is 0.504 e. The molecule has 1 aromatic carbocycles. The molecule has 25 heavy (non-hydrogen) atoms. The van der Waals surface area contributed by atoms with Gasteiger partial charge in [0.15, 0.2) is 17.3 Å². The van der Waals surface area contributed by atoms with Crippen molar-refractivity contribution in [2.45, 2.75) is 63.6 Å². The van der Waals surface area contributed by atoms with Gasteiger partial charge in [0.05, 0.1) is 0 Å². The Kier molecular flexibility index (Phi) is 2.99. The van der Waals surface area contributed by atoms with Gasteiger partial charge in [0.1, 0.15) is 0 Å². The highest BCUT2D eigenvalue weighted by atomic mass is 16.5. The van der Waals surface area contributed by atoms with Crippen LogP contribution in [0.25, 0.3) is 0 Å². The second kappa shape index (κ2) is 4.49. The molecule has 4 nitrogen and oxygen atoms in total. The van der Waals surface area contributed by atoms with E-state index >= 15 is 0 Å². The van der Waals surface area contributed by atoms with Crippen LogP contribution in [0.1, 0.15) is 58.1 Å². The van der Waals surface area contributed by atoms with E-state index in [2.05, 4.69) is 27.7 Å². The molecule has 1 unspecified atom stereocenters. The van der Waals surface area contributed by atoms with Gasteiger partial charge in [-0.25, -0.2) is 0 Å². The van der Waals surface area contributed by atoms with E-state index in [1.54, 1.807) is 12.1 Å².